The molecule has 10 heteroatoms. The number of nitrogens with one attached hydrogen (secondary N) is 2. The fourth-order valence-electron chi connectivity index (χ4n) is 5.59. The second-order valence-corrected chi connectivity index (χ2v) is 9.79. The van der Waals surface area contributed by atoms with E-state index in [1.165, 1.54) is 0 Å². The Bertz CT molecular complexity index is 2060. The van der Waals surface area contributed by atoms with Gasteiger partial charge in [-0.3, -0.25) is 0 Å². The third-order valence-corrected chi connectivity index (χ3v) is 7.46. The second kappa shape index (κ2) is 9.59. The van der Waals surface area contributed by atoms with Gasteiger partial charge in [-0.25, -0.2) is 29.9 Å². The van der Waals surface area contributed by atoms with Gasteiger partial charge in [-0.1, -0.05) is 97.1 Å². The molecule has 0 spiro atoms. The summed E-state index contributed by atoms with van der Waals surface area (Å²) < 4.78 is 8.28. The zero-order chi connectivity index (χ0) is 28.2. The minimum absolute atomic E-state index is 0.597. The van der Waals surface area contributed by atoms with Crippen LogP contribution in [0, 0.1) is 0 Å². The summed E-state index contributed by atoms with van der Waals surface area (Å²) in [5.74, 6) is 2.39. The molecule has 196 valence electrons. The number of rotatable bonds is 0. The third-order valence-electron chi connectivity index (χ3n) is 7.46. The van der Waals surface area contributed by atoms with E-state index in [1.54, 1.807) is 0 Å². The maximum Gasteiger partial charge on any atom is 0.164 e. The van der Waals surface area contributed by atoms with Crippen LogP contribution in [-0.4, -0.2) is 56.1 Å². The summed E-state index contributed by atoms with van der Waals surface area (Å²) in [4.78, 5) is 36.8. The molecule has 0 unspecified atom stereocenters. The Hall–Kier alpha value is -5.43. The fourth-order valence-corrected chi connectivity index (χ4v) is 5.59. The van der Waals surface area contributed by atoms with Crippen molar-refractivity contribution in [3.63, 3.8) is 0 Å². The van der Waals surface area contributed by atoms with Gasteiger partial charge in [-0.15, -0.1) is 0 Å². The first-order valence-corrected chi connectivity index (χ1v) is 13.9. The Labute approximate surface area is 246 Å². The summed E-state index contributed by atoms with van der Waals surface area (Å²) in [5.41, 5.74) is 6.45. The van der Waals surface area contributed by atoms with Crippen molar-refractivity contribution in [3.8, 4) is 45.6 Å². The van der Waals surface area contributed by atoms with Crippen LogP contribution in [-0.2, 0) is 3.80 Å². The molecular formula is C32H19AlN8O. The second-order valence-electron chi connectivity index (χ2n) is 9.79. The molecule has 0 saturated heterocycles. The molecule has 4 aromatic carbocycles. The van der Waals surface area contributed by atoms with Crippen LogP contribution in [0.5, 0.6) is 0 Å². The van der Waals surface area contributed by atoms with Crippen LogP contribution >= 0.6 is 0 Å². The summed E-state index contributed by atoms with van der Waals surface area (Å²) in [6, 6.07) is 32.2. The van der Waals surface area contributed by atoms with Gasteiger partial charge >= 0.3 is 20.0 Å². The Balaban J connectivity index is 0.00000131. The molecule has 9 rings (SSSR count). The van der Waals surface area contributed by atoms with Crippen molar-refractivity contribution in [2.75, 3.05) is 0 Å². The Morgan fingerprint density at radius 1 is 0.357 bits per heavy atom. The summed E-state index contributed by atoms with van der Waals surface area (Å²) >= 11 is 0.611. The summed E-state index contributed by atoms with van der Waals surface area (Å²) in [7, 11) is 0. The fraction of sp³-hybridized carbons (Fsp3) is 0. The number of nitrogens with zero attached hydrogens (tertiary/aromatic N) is 6. The molecule has 9 nitrogen and oxygen atoms in total. The predicted octanol–water partition coefficient (Wildman–Crippen LogP) is 6.10. The quantitative estimate of drug-likeness (QED) is 0.215. The zero-order valence-electron chi connectivity index (χ0n) is 22.0. The number of hydrogen-bond donors (Lipinski definition) is 2. The molecule has 2 aliphatic heterocycles. The topological polar surface area (TPSA) is 126 Å². The van der Waals surface area contributed by atoms with Crippen molar-refractivity contribution in [2.45, 2.75) is 0 Å². The average molecular weight is 559 g/mol. The van der Waals surface area contributed by atoms with Gasteiger partial charge in [0.15, 0.2) is 23.3 Å². The van der Waals surface area contributed by atoms with E-state index in [1.807, 2.05) is 97.1 Å². The smallest absolute Gasteiger partial charge is 0.164 e. The zero-order valence-corrected chi connectivity index (χ0v) is 23.5. The molecule has 2 N–H and O–H groups in total. The molecule has 7 aromatic rings. The van der Waals surface area contributed by atoms with Crippen LogP contribution in [0.15, 0.2) is 97.1 Å². The van der Waals surface area contributed by atoms with Crippen molar-refractivity contribution in [3.05, 3.63) is 97.1 Å². The van der Waals surface area contributed by atoms with Gasteiger partial charge in [-0.2, -0.15) is 0 Å². The monoisotopic (exact) mass is 558 g/mol. The van der Waals surface area contributed by atoms with E-state index in [2.05, 4.69) is 9.97 Å². The standard InChI is InChI=1S/C32H18N8.Al.O.H/c1-2-10-18-17(9-1)25-33-26(18)38-28-21-13-5-6-14-22(21)30(35-28)40-32-24-16-8-7-15-23(24)31(36-32)39-29-20-12-4-3-11-19(20)27(34-29)37-25;;;/h1-16H,(H2,33,34,35,36,37,38,39,40);;;. The number of aromatic nitrogens is 8. The van der Waals surface area contributed by atoms with E-state index in [0.717, 1.165) is 43.8 Å². The Morgan fingerprint density at radius 3 is 0.857 bits per heavy atom. The van der Waals surface area contributed by atoms with E-state index in [4.69, 9.17) is 33.7 Å². The molecule has 0 radical (unpaired) electrons. The van der Waals surface area contributed by atoms with Crippen LogP contribution in [0.2, 0.25) is 0 Å². The van der Waals surface area contributed by atoms with Gasteiger partial charge in [0.05, 0.1) is 0 Å². The minimum Gasteiger partial charge on any atom is -0.324 e. The van der Waals surface area contributed by atoms with Gasteiger partial charge in [-0.05, 0) is 0 Å². The van der Waals surface area contributed by atoms with E-state index < -0.39 is 0 Å². The largest absolute Gasteiger partial charge is 0.324 e. The molecule has 0 amide bonds. The normalized spacial score (nSPS) is 11.5. The average Bonchev–Trinajstić information content (AvgIpc) is 3.78. The van der Waals surface area contributed by atoms with Crippen molar-refractivity contribution in [1.29, 1.82) is 0 Å². The van der Waals surface area contributed by atoms with Crippen molar-refractivity contribution in [1.82, 2.24) is 39.9 Å². The molecular weight excluding hydrogens is 539 g/mol. The summed E-state index contributed by atoms with van der Waals surface area (Å²) in [6.07, 6.45) is 0. The van der Waals surface area contributed by atoms with Gasteiger partial charge in [0.1, 0.15) is 22.6 Å². The Kier molecular flexibility index (Phi) is 5.57. The number of benzene rings is 4. The van der Waals surface area contributed by atoms with Crippen molar-refractivity contribution < 1.29 is 3.80 Å². The molecule has 5 heterocycles. The first kappa shape index (κ1) is 24.4. The number of H-pyrrole nitrogens is 2. The number of fused-ring (bicyclic) bond motifs is 20. The SMILES string of the molecule is [O]=[AlH].c1ccc2c(c1)-c1nc-2nc2[nH]c(nc3nc(nc4[nH]c(n1)c1ccccc41)-c1ccccc1-3)c1ccccc21. The molecule has 0 saturated carbocycles. The predicted molar refractivity (Wildman–Crippen MR) is 164 cm³/mol. The first-order valence-electron chi connectivity index (χ1n) is 13.3. The van der Waals surface area contributed by atoms with Gasteiger partial charge in [0.2, 0.25) is 0 Å². The van der Waals surface area contributed by atoms with E-state index in [-0.39, 0.29) is 0 Å². The number of hydrogen-bond acceptors (Lipinski definition) is 7. The van der Waals surface area contributed by atoms with Gasteiger partial charge in [0, 0.05) is 43.8 Å². The molecule has 0 fully saturated rings. The van der Waals surface area contributed by atoms with Crippen LogP contribution < -0.4 is 0 Å². The maximum absolute atomic E-state index is 8.28. The summed E-state index contributed by atoms with van der Waals surface area (Å²) in [5, 5.41) is 3.82. The van der Waals surface area contributed by atoms with Gasteiger partial charge < -0.3 is 9.97 Å². The minimum atomic E-state index is 0.597. The molecule has 8 bridgehead atoms. The van der Waals surface area contributed by atoms with Crippen LogP contribution in [0.25, 0.3) is 89.7 Å². The first-order chi connectivity index (χ1) is 20.8. The van der Waals surface area contributed by atoms with Crippen LogP contribution in [0.3, 0.4) is 0 Å². The van der Waals surface area contributed by atoms with E-state index >= 15 is 0 Å². The van der Waals surface area contributed by atoms with Crippen molar-refractivity contribution in [2.24, 2.45) is 0 Å². The van der Waals surface area contributed by atoms with Crippen molar-refractivity contribution >= 4 is 60.4 Å². The van der Waals surface area contributed by atoms with E-state index in [0.29, 0.717) is 62.1 Å². The Morgan fingerprint density at radius 2 is 0.595 bits per heavy atom. The third kappa shape index (κ3) is 3.70. The van der Waals surface area contributed by atoms with Crippen LogP contribution in [0.1, 0.15) is 0 Å². The maximum atomic E-state index is 8.28. The van der Waals surface area contributed by atoms with Gasteiger partial charge in [0.25, 0.3) is 0 Å². The van der Waals surface area contributed by atoms with Crippen LogP contribution in [0.4, 0.5) is 0 Å². The summed E-state index contributed by atoms with van der Waals surface area (Å²) in [6.45, 7) is 0. The molecule has 0 atom stereocenters. The molecule has 0 aliphatic carbocycles. The van der Waals surface area contributed by atoms with E-state index in [9.17, 15) is 0 Å². The molecule has 3 aromatic heterocycles. The number of aromatic amines is 2. The molecule has 42 heavy (non-hydrogen) atoms. The molecule has 2 aliphatic rings.